The van der Waals surface area contributed by atoms with Crippen molar-refractivity contribution in [3.05, 3.63) is 58.4 Å². The van der Waals surface area contributed by atoms with Gasteiger partial charge in [-0.05, 0) is 48.9 Å². The lowest BCUT2D eigenvalue weighted by atomic mass is 10.1. The van der Waals surface area contributed by atoms with E-state index in [-0.39, 0.29) is 22.5 Å². The Labute approximate surface area is 114 Å². The van der Waals surface area contributed by atoms with E-state index >= 15 is 0 Å². The Bertz CT molecular complexity index is 643. The fourth-order valence-corrected chi connectivity index (χ4v) is 1.75. The number of carbonyl (C=O) groups is 1. The van der Waals surface area contributed by atoms with Gasteiger partial charge in [-0.1, -0.05) is 11.6 Å². The van der Waals surface area contributed by atoms with Gasteiger partial charge < -0.3 is 10.4 Å². The first-order valence-corrected chi connectivity index (χ1v) is 5.91. The lowest BCUT2D eigenvalue weighted by Crippen LogP contribution is -2.12. The normalized spacial score (nSPS) is 10.3. The molecule has 0 radical (unpaired) electrons. The third kappa shape index (κ3) is 3.03. The van der Waals surface area contributed by atoms with Gasteiger partial charge in [0.2, 0.25) is 0 Å². The summed E-state index contributed by atoms with van der Waals surface area (Å²) < 4.78 is 13.1. The lowest BCUT2D eigenvalue weighted by Gasteiger charge is -2.07. The molecule has 98 valence electrons. The van der Waals surface area contributed by atoms with E-state index in [1.54, 1.807) is 6.92 Å². The van der Waals surface area contributed by atoms with Crippen molar-refractivity contribution in [2.24, 2.45) is 0 Å². The Hall–Kier alpha value is -2.07. The van der Waals surface area contributed by atoms with Gasteiger partial charge in [-0.15, -0.1) is 0 Å². The van der Waals surface area contributed by atoms with Crippen LogP contribution in [0.2, 0.25) is 5.02 Å². The van der Waals surface area contributed by atoms with Gasteiger partial charge in [-0.3, -0.25) is 4.79 Å². The maximum absolute atomic E-state index is 13.1. The van der Waals surface area contributed by atoms with Crippen LogP contribution in [0.3, 0.4) is 0 Å². The molecule has 5 heteroatoms. The smallest absolute Gasteiger partial charge is 0.255 e. The van der Waals surface area contributed by atoms with Crippen LogP contribution in [0.25, 0.3) is 0 Å². The first-order chi connectivity index (χ1) is 8.97. The van der Waals surface area contributed by atoms with Crippen LogP contribution in [0.5, 0.6) is 5.75 Å². The number of aryl methyl sites for hydroxylation is 1. The van der Waals surface area contributed by atoms with E-state index in [1.807, 2.05) is 0 Å². The summed E-state index contributed by atoms with van der Waals surface area (Å²) in [5.41, 5.74) is 1.25. The van der Waals surface area contributed by atoms with Crippen LogP contribution in [-0.2, 0) is 0 Å². The van der Waals surface area contributed by atoms with E-state index in [4.69, 9.17) is 11.6 Å². The van der Waals surface area contributed by atoms with Crippen LogP contribution < -0.4 is 5.32 Å². The predicted octanol–water partition coefficient (Wildman–Crippen LogP) is 3.75. The number of amides is 1. The van der Waals surface area contributed by atoms with Crippen LogP contribution in [0.15, 0.2) is 36.4 Å². The summed E-state index contributed by atoms with van der Waals surface area (Å²) >= 11 is 5.73. The van der Waals surface area contributed by atoms with Crippen molar-refractivity contribution < 1.29 is 14.3 Å². The molecule has 19 heavy (non-hydrogen) atoms. The molecule has 0 fully saturated rings. The van der Waals surface area contributed by atoms with Crippen molar-refractivity contribution in [2.45, 2.75) is 6.92 Å². The van der Waals surface area contributed by atoms with Crippen molar-refractivity contribution in [1.82, 2.24) is 0 Å². The zero-order valence-electron chi connectivity index (χ0n) is 10.1. The topological polar surface area (TPSA) is 49.3 Å². The minimum absolute atomic E-state index is 0.0872. The zero-order valence-corrected chi connectivity index (χ0v) is 10.8. The Morgan fingerprint density at radius 2 is 2.00 bits per heavy atom. The molecule has 0 spiro atoms. The lowest BCUT2D eigenvalue weighted by molar-refractivity contribution is 0.102. The molecule has 0 aliphatic heterocycles. The predicted molar refractivity (Wildman–Crippen MR) is 72.2 cm³/mol. The van der Waals surface area contributed by atoms with Gasteiger partial charge in [0.1, 0.15) is 11.6 Å². The molecule has 3 nitrogen and oxygen atoms in total. The van der Waals surface area contributed by atoms with E-state index in [2.05, 4.69) is 5.32 Å². The average Bonchev–Trinajstić information content (AvgIpc) is 2.37. The molecule has 0 unspecified atom stereocenters. The van der Waals surface area contributed by atoms with Crippen LogP contribution in [-0.4, -0.2) is 11.0 Å². The number of rotatable bonds is 2. The third-order valence-corrected chi connectivity index (χ3v) is 2.93. The number of phenolic OH excluding ortho intramolecular Hbond substituents is 1. The van der Waals surface area contributed by atoms with Crippen LogP contribution in [0.4, 0.5) is 10.1 Å². The molecule has 0 aliphatic carbocycles. The largest absolute Gasteiger partial charge is 0.506 e. The highest BCUT2D eigenvalue weighted by molar-refractivity contribution is 6.32. The maximum atomic E-state index is 13.1. The molecule has 0 saturated carbocycles. The van der Waals surface area contributed by atoms with Crippen LogP contribution in [0, 0.1) is 12.7 Å². The number of aromatic hydroxyl groups is 1. The number of benzene rings is 2. The molecule has 0 aliphatic rings. The molecule has 0 aromatic heterocycles. The monoisotopic (exact) mass is 279 g/mol. The van der Waals surface area contributed by atoms with Gasteiger partial charge in [-0.25, -0.2) is 4.39 Å². The number of carbonyl (C=O) groups excluding carboxylic acids is 1. The second-order valence-electron chi connectivity index (χ2n) is 4.08. The second kappa shape index (κ2) is 5.28. The van der Waals surface area contributed by atoms with E-state index in [9.17, 15) is 14.3 Å². The fourth-order valence-electron chi connectivity index (χ4n) is 1.57. The summed E-state index contributed by atoms with van der Waals surface area (Å²) in [7, 11) is 0. The van der Waals surface area contributed by atoms with E-state index in [1.165, 1.54) is 36.4 Å². The Kier molecular flexibility index (Phi) is 3.71. The van der Waals surface area contributed by atoms with Crippen molar-refractivity contribution in [1.29, 1.82) is 0 Å². The average molecular weight is 280 g/mol. The maximum Gasteiger partial charge on any atom is 0.255 e. The molecule has 0 saturated heterocycles. The standard InChI is InChI=1S/C14H11ClFNO2/c1-8-6-10(3-4-12(8)16)17-14(19)9-2-5-13(18)11(15)7-9/h2-7,18H,1H3,(H,17,19). The van der Waals surface area contributed by atoms with Crippen molar-refractivity contribution >= 4 is 23.2 Å². The van der Waals surface area contributed by atoms with Gasteiger partial charge in [-0.2, -0.15) is 0 Å². The number of phenols is 1. The van der Waals surface area contributed by atoms with Gasteiger partial charge in [0.25, 0.3) is 5.91 Å². The quantitative estimate of drug-likeness (QED) is 0.880. The molecule has 2 rings (SSSR count). The van der Waals surface area contributed by atoms with E-state index < -0.39 is 0 Å². The summed E-state index contributed by atoms with van der Waals surface area (Å²) in [6.07, 6.45) is 0. The van der Waals surface area contributed by atoms with E-state index in [0.717, 1.165) is 0 Å². The number of hydrogen-bond acceptors (Lipinski definition) is 2. The first kappa shape index (κ1) is 13.4. The molecular formula is C14H11ClFNO2. The SMILES string of the molecule is Cc1cc(NC(=O)c2ccc(O)c(Cl)c2)ccc1F. The highest BCUT2D eigenvalue weighted by Crippen LogP contribution is 2.24. The number of halogens is 2. The molecule has 0 bridgehead atoms. The molecule has 2 aromatic rings. The van der Waals surface area contributed by atoms with E-state index in [0.29, 0.717) is 16.8 Å². The van der Waals surface area contributed by atoms with Gasteiger partial charge >= 0.3 is 0 Å². The molecule has 0 atom stereocenters. The van der Waals surface area contributed by atoms with Crippen molar-refractivity contribution in [2.75, 3.05) is 5.32 Å². The Balaban J connectivity index is 2.20. The van der Waals surface area contributed by atoms with Gasteiger partial charge in [0, 0.05) is 11.3 Å². The molecule has 0 heterocycles. The second-order valence-corrected chi connectivity index (χ2v) is 4.49. The summed E-state index contributed by atoms with van der Waals surface area (Å²) in [5.74, 6) is -0.797. The summed E-state index contributed by atoms with van der Waals surface area (Å²) in [6.45, 7) is 1.61. The molecule has 1 amide bonds. The fraction of sp³-hybridized carbons (Fsp3) is 0.0714. The molecule has 2 aromatic carbocycles. The highest BCUT2D eigenvalue weighted by atomic mass is 35.5. The Morgan fingerprint density at radius 3 is 2.63 bits per heavy atom. The minimum atomic E-state index is -0.382. The number of anilines is 1. The summed E-state index contributed by atoms with van der Waals surface area (Å²) in [4.78, 5) is 11.9. The van der Waals surface area contributed by atoms with Crippen LogP contribution in [0.1, 0.15) is 15.9 Å². The number of nitrogens with one attached hydrogen (secondary N) is 1. The Morgan fingerprint density at radius 1 is 1.26 bits per heavy atom. The highest BCUT2D eigenvalue weighted by Gasteiger charge is 2.09. The number of hydrogen-bond donors (Lipinski definition) is 2. The van der Waals surface area contributed by atoms with Crippen molar-refractivity contribution in [3.63, 3.8) is 0 Å². The summed E-state index contributed by atoms with van der Waals surface area (Å²) in [6, 6.07) is 8.45. The van der Waals surface area contributed by atoms with Gasteiger partial charge in [0.05, 0.1) is 5.02 Å². The van der Waals surface area contributed by atoms with Crippen molar-refractivity contribution in [3.8, 4) is 5.75 Å². The third-order valence-electron chi connectivity index (χ3n) is 2.63. The van der Waals surface area contributed by atoms with Crippen LogP contribution >= 0.6 is 11.6 Å². The minimum Gasteiger partial charge on any atom is -0.506 e. The molecule has 2 N–H and O–H groups in total. The van der Waals surface area contributed by atoms with Gasteiger partial charge in [0.15, 0.2) is 0 Å². The molecular weight excluding hydrogens is 269 g/mol. The first-order valence-electron chi connectivity index (χ1n) is 5.53. The zero-order chi connectivity index (χ0) is 14.0. The summed E-state index contributed by atoms with van der Waals surface area (Å²) in [5, 5.41) is 12.0.